The number of carbonyl (C=O) groups excluding carboxylic acids is 1. The largest absolute Gasteiger partial charge is 0.449 e. The molecule has 0 spiro atoms. The number of amides is 1. The van der Waals surface area contributed by atoms with Crippen LogP contribution in [-0.4, -0.2) is 20.6 Å². The quantitative estimate of drug-likeness (QED) is 0.436. The van der Waals surface area contributed by atoms with Crippen molar-refractivity contribution in [2.75, 3.05) is 5.32 Å². The summed E-state index contributed by atoms with van der Waals surface area (Å²) in [6.45, 7) is 1.65. The van der Waals surface area contributed by atoms with E-state index < -0.39 is 10.8 Å². The molecule has 3 rings (SSSR count). The zero-order valence-corrected chi connectivity index (χ0v) is 13.7. The lowest BCUT2D eigenvalue weighted by atomic mass is 10.2. The van der Waals surface area contributed by atoms with Crippen molar-refractivity contribution in [3.63, 3.8) is 0 Å². The number of rotatable bonds is 4. The van der Waals surface area contributed by atoms with Crippen LogP contribution in [0.3, 0.4) is 0 Å². The van der Waals surface area contributed by atoms with Crippen LogP contribution in [0, 0.1) is 22.4 Å². The summed E-state index contributed by atoms with van der Waals surface area (Å²) in [4.78, 5) is 25.9. The van der Waals surface area contributed by atoms with E-state index >= 15 is 0 Å². The lowest BCUT2D eigenvalue weighted by molar-refractivity contribution is -0.384. The van der Waals surface area contributed by atoms with Crippen molar-refractivity contribution in [2.45, 2.75) is 6.92 Å². The molecule has 0 aliphatic carbocycles. The molecule has 0 aliphatic rings. The molecule has 0 saturated heterocycles. The molecular formula is C17H13N6O3+. The topological polar surface area (TPSA) is 118 Å². The normalized spacial score (nSPS) is 10.2. The first-order valence-electron chi connectivity index (χ1n) is 7.57. The van der Waals surface area contributed by atoms with Gasteiger partial charge in [0.2, 0.25) is 11.2 Å². The Morgan fingerprint density at radius 3 is 2.42 bits per heavy atom. The molecular weight excluding hydrogens is 336 g/mol. The summed E-state index contributed by atoms with van der Waals surface area (Å²) in [7, 11) is 0. The highest BCUT2D eigenvalue weighted by Crippen LogP contribution is 2.31. The zero-order valence-electron chi connectivity index (χ0n) is 13.7. The molecule has 2 aromatic carbocycles. The molecule has 0 atom stereocenters. The Balaban J connectivity index is 1.97. The molecule has 1 aromatic heterocycles. The highest BCUT2D eigenvalue weighted by molar-refractivity contribution is 6.05. The van der Waals surface area contributed by atoms with E-state index in [1.54, 1.807) is 19.1 Å². The molecule has 9 heteroatoms. The zero-order chi connectivity index (χ0) is 18.7. The number of aryl methyl sites for hydroxylation is 1. The Labute approximate surface area is 147 Å². The third-order valence-electron chi connectivity index (χ3n) is 3.70. The summed E-state index contributed by atoms with van der Waals surface area (Å²) in [6, 6.07) is 14.2. The number of non-ortho nitro benzene ring substituents is 1. The maximum Gasteiger partial charge on any atom is 0.449 e. The van der Waals surface area contributed by atoms with Gasteiger partial charge < -0.3 is 0 Å². The summed E-state index contributed by atoms with van der Waals surface area (Å²) in [5.41, 5.74) is 1.33. The Morgan fingerprint density at radius 2 is 1.85 bits per heavy atom. The van der Waals surface area contributed by atoms with Crippen LogP contribution in [0.1, 0.15) is 16.1 Å². The van der Waals surface area contributed by atoms with Gasteiger partial charge in [0, 0.05) is 17.7 Å². The number of aromatic nitrogens is 2. The van der Waals surface area contributed by atoms with Crippen molar-refractivity contribution >= 4 is 23.1 Å². The molecule has 0 bridgehead atoms. The second kappa shape index (κ2) is 6.82. The number of diazo groups is 1. The smallest absolute Gasteiger partial charge is 0.300 e. The molecule has 1 heterocycles. The van der Waals surface area contributed by atoms with E-state index in [0.717, 1.165) is 0 Å². The highest BCUT2D eigenvalue weighted by atomic mass is 16.6. The summed E-state index contributed by atoms with van der Waals surface area (Å²) in [5.74, 6) is -0.318. The fraction of sp³-hybridized carbons (Fsp3) is 0.0588. The van der Waals surface area contributed by atoms with Gasteiger partial charge in [-0.25, -0.2) is 4.68 Å². The number of para-hydroxylation sites is 1. The van der Waals surface area contributed by atoms with E-state index in [1.807, 2.05) is 18.2 Å². The minimum absolute atomic E-state index is 0.113. The number of anilines is 1. The molecule has 26 heavy (non-hydrogen) atoms. The molecule has 128 valence electrons. The Morgan fingerprint density at radius 1 is 1.19 bits per heavy atom. The van der Waals surface area contributed by atoms with Crippen molar-refractivity contribution in [2.24, 2.45) is 0 Å². The van der Waals surface area contributed by atoms with Crippen LogP contribution >= 0.6 is 0 Å². The van der Waals surface area contributed by atoms with Crippen LogP contribution in [0.15, 0.2) is 54.6 Å². The van der Waals surface area contributed by atoms with Gasteiger partial charge in [-0.1, -0.05) is 18.2 Å². The molecule has 3 aromatic rings. The molecule has 0 aliphatic heterocycles. The lowest BCUT2D eigenvalue weighted by Crippen LogP contribution is -2.15. The van der Waals surface area contributed by atoms with Gasteiger partial charge in [0.05, 0.1) is 10.6 Å². The molecule has 0 radical (unpaired) electrons. The van der Waals surface area contributed by atoms with E-state index in [-0.39, 0.29) is 22.8 Å². The summed E-state index contributed by atoms with van der Waals surface area (Å²) < 4.78 is 1.45. The van der Waals surface area contributed by atoms with Crippen LogP contribution in [0.5, 0.6) is 0 Å². The van der Waals surface area contributed by atoms with Crippen LogP contribution in [-0.2, 0) is 0 Å². The fourth-order valence-electron chi connectivity index (χ4n) is 2.42. The van der Waals surface area contributed by atoms with Crippen LogP contribution in [0.2, 0.25) is 0 Å². The van der Waals surface area contributed by atoms with Crippen LogP contribution in [0.25, 0.3) is 10.7 Å². The van der Waals surface area contributed by atoms with Crippen molar-refractivity contribution in [1.82, 2.24) is 9.78 Å². The van der Waals surface area contributed by atoms with E-state index in [2.05, 4.69) is 15.4 Å². The van der Waals surface area contributed by atoms with Crippen molar-refractivity contribution in [3.8, 4) is 5.69 Å². The van der Waals surface area contributed by atoms with Crippen LogP contribution < -0.4 is 5.32 Å². The molecule has 0 unspecified atom stereocenters. The highest BCUT2D eigenvalue weighted by Gasteiger charge is 2.28. The predicted molar refractivity (Wildman–Crippen MR) is 94.1 cm³/mol. The first-order valence-corrected chi connectivity index (χ1v) is 7.57. The van der Waals surface area contributed by atoms with Gasteiger partial charge in [0.25, 0.3) is 11.6 Å². The van der Waals surface area contributed by atoms with Crippen LogP contribution in [0.4, 0.5) is 17.2 Å². The fourth-order valence-corrected chi connectivity index (χ4v) is 2.42. The third kappa shape index (κ3) is 3.11. The number of nitro groups is 1. The van der Waals surface area contributed by atoms with Gasteiger partial charge in [0.1, 0.15) is 0 Å². The first kappa shape index (κ1) is 16.8. The monoisotopic (exact) mass is 349 g/mol. The number of hydrogen-bond donors (Lipinski definition) is 1. The number of nitro benzene ring substituents is 1. The number of benzene rings is 2. The molecule has 1 N–H and O–H groups in total. The minimum Gasteiger partial charge on any atom is -0.300 e. The average molecular weight is 349 g/mol. The Hall–Kier alpha value is -4.06. The number of nitrogens with zero attached hydrogens (tertiary/aromatic N) is 5. The Kier molecular flexibility index (Phi) is 4.40. The lowest BCUT2D eigenvalue weighted by Gasteiger charge is -2.07. The van der Waals surface area contributed by atoms with E-state index in [0.29, 0.717) is 11.4 Å². The molecule has 9 nitrogen and oxygen atoms in total. The summed E-state index contributed by atoms with van der Waals surface area (Å²) in [5, 5.41) is 26.9. The van der Waals surface area contributed by atoms with Gasteiger partial charge in [-0.3, -0.25) is 20.2 Å². The number of carbonyl (C=O) groups is 1. The van der Waals surface area contributed by atoms with E-state index in [9.17, 15) is 20.3 Å². The second-order valence-electron chi connectivity index (χ2n) is 5.39. The van der Waals surface area contributed by atoms with Gasteiger partial charge in [0.15, 0.2) is 10.7 Å². The third-order valence-corrected chi connectivity index (χ3v) is 3.70. The van der Waals surface area contributed by atoms with Gasteiger partial charge >= 0.3 is 5.69 Å². The van der Waals surface area contributed by atoms with Crippen molar-refractivity contribution in [1.29, 1.82) is 5.39 Å². The molecule has 0 fully saturated rings. The maximum absolute atomic E-state index is 12.5. The van der Waals surface area contributed by atoms with Crippen molar-refractivity contribution in [3.05, 3.63) is 80.9 Å². The minimum atomic E-state index is -0.543. The van der Waals surface area contributed by atoms with Gasteiger partial charge in [-0.15, -0.1) is 0 Å². The van der Waals surface area contributed by atoms with E-state index in [1.165, 1.54) is 28.9 Å². The maximum atomic E-state index is 12.5. The Bertz CT molecular complexity index is 1020. The number of nitrogens with one attached hydrogen (secondary N) is 1. The standard InChI is InChI=1S/C17H12N6O3/c1-11-15(20-18)16(22(21-11)13-5-3-2-4-6-13)19-17(24)12-7-9-14(10-8-12)23(25)26/h2-10H,1H3/p+1. The average Bonchev–Trinajstić information content (AvgIpc) is 2.97. The summed E-state index contributed by atoms with van der Waals surface area (Å²) in [6.07, 6.45) is 0. The summed E-state index contributed by atoms with van der Waals surface area (Å²) >= 11 is 0. The van der Waals surface area contributed by atoms with E-state index in [4.69, 9.17) is 0 Å². The first-order chi connectivity index (χ1) is 12.5. The number of hydrogen-bond acceptors (Lipinski definition) is 5. The molecule has 0 saturated carbocycles. The van der Waals surface area contributed by atoms with Gasteiger partial charge in [-0.05, 0) is 31.2 Å². The predicted octanol–water partition coefficient (Wildman–Crippen LogP) is 3.83. The van der Waals surface area contributed by atoms with Gasteiger partial charge in [-0.2, -0.15) is 5.10 Å². The second-order valence-corrected chi connectivity index (χ2v) is 5.39. The van der Waals surface area contributed by atoms with Crippen molar-refractivity contribution < 1.29 is 9.72 Å². The molecule has 1 amide bonds. The SMILES string of the molecule is Cc1nn(-c2ccccc2)c(NC(=O)c2ccc([N+](=O)[O-])cc2)c1[N+]#N.